The Kier molecular flexibility index (Phi) is 9.66. The minimum atomic E-state index is -0.331. The number of hydroxylamine groups is 1. The van der Waals surface area contributed by atoms with Gasteiger partial charge in [0.2, 0.25) is 11.8 Å². The highest BCUT2D eigenvalue weighted by Crippen LogP contribution is 2.29. The van der Waals surface area contributed by atoms with Crippen molar-refractivity contribution in [1.82, 2.24) is 5.48 Å². The number of rotatable bonds is 10. The lowest BCUT2D eigenvalue weighted by Gasteiger charge is -2.31. The molecule has 1 aliphatic carbocycles. The van der Waals surface area contributed by atoms with E-state index in [1.165, 1.54) is 31.4 Å². The summed E-state index contributed by atoms with van der Waals surface area (Å²) in [7, 11) is 0. The highest BCUT2D eigenvalue weighted by Gasteiger charge is 2.27. The number of benzene rings is 1. The normalized spacial score (nSPS) is 17.4. The van der Waals surface area contributed by atoms with E-state index >= 15 is 0 Å². The first-order valence-corrected chi connectivity index (χ1v) is 12.3. The molecule has 3 rings (SSSR count). The van der Waals surface area contributed by atoms with Crippen molar-refractivity contribution in [2.24, 2.45) is 5.92 Å². The van der Waals surface area contributed by atoms with Gasteiger partial charge in [0.15, 0.2) is 0 Å². The minimum absolute atomic E-state index is 0.156. The number of unbranched alkanes of at least 4 members (excludes halogenated alkanes) is 3. The van der Waals surface area contributed by atoms with Crippen LogP contribution in [-0.2, 0) is 9.59 Å². The first kappa shape index (κ1) is 23.6. The summed E-state index contributed by atoms with van der Waals surface area (Å²) in [4.78, 5) is 29.0. The molecule has 2 aliphatic rings. The zero-order valence-corrected chi connectivity index (χ0v) is 18.9. The zero-order chi connectivity index (χ0) is 21.9. The van der Waals surface area contributed by atoms with Crippen LogP contribution >= 0.6 is 0 Å². The van der Waals surface area contributed by atoms with E-state index in [4.69, 9.17) is 5.21 Å². The fourth-order valence-electron chi connectivity index (χ4n) is 4.90. The summed E-state index contributed by atoms with van der Waals surface area (Å²) in [6.45, 7) is 2.97. The van der Waals surface area contributed by atoms with Crippen molar-refractivity contribution in [3.63, 3.8) is 0 Å². The number of nitrogens with one attached hydrogen (secondary N) is 1. The molecular formula is C25H39N3O3. The van der Waals surface area contributed by atoms with Crippen molar-refractivity contribution in [3.05, 3.63) is 24.3 Å². The van der Waals surface area contributed by atoms with Crippen molar-refractivity contribution in [2.45, 2.75) is 83.5 Å². The summed E-state index contributed by atoms with van der Waals surface area (Å²) in [6.07, 6.45) is 13.3. The Labute approximate surface area is 186 Å². The quantitative estimate of drug-likeness (QED) is 0.310. The minimum Gasteiger partial charge on any atom is -0.372 e. The summed E-state index contributed by atoms with van der Waals surface area (Å²) in [5.74, 6) is 0.108. The van der Waals surface area contributed by atoms with Gasteiger partial charge in [-0.3, -0.25) is 14.8 Å². The molecule has 1 aromatic carbocycles. The van der Waals surface area contributed by atoms with E-state index in [0.717, 1.165) is 76.7 Å². The highest BCUT2D eigenvalue weighted by molar-refractivity contribution is 5.95. The number of nitrogens with zero attached hydrogens (tertiary/aromatic N) is 2. The van der Waals surface area contributed by atoms with E-state index in [1.54, 1.807) is 5.48 Å². The molecule has 0 radical (unpaired) electrons. The van der Waals surface area contributed by atoms with Crippen LogP contribution in [0.15, 0.2) is 24.3 Å². The van der Waals surface area contributed by atoms with Gasteiger partial charge in [-0.1, -0.05) is 32.1 Å². The fourth-order valence-corrected chi connectivity index (χ4v) is 4.90. The Morgan fingerprint density at radius 1 is 0.903 bits per heavy atom. The molecule has 0 spiro atoms. The number of piperidine rings is 1. The van der Waals surface area contributed by atoms with Crippen molar-refractivity contribution in [1.29, 1.82) is 0 Å². The van der Waals surface area contributed by atoms with E-state index in [-0.39, 0.29) is 17.7 Å². The summed E-state index contributed by atoms with van der Waals surface area (Å²) in [5, 5.41) is 8.58. The van der Waals surface area contributed by atoms with E-state index < -0.39 is 0 Å². The van der Waals surface area contributed by atoms with Crippen molar-refractivity contribution < 1.29 is 14.8 Å². The van der Waals surface area contributed by atoms with Crippen LogP contribution in [0.5, 0.6) is 0 Å². The maximum absolute atomic E-state index is 13.4. The zero-order valence-electron chi connectivity index (χ0n) is 18.9. The van der Waals surface area contributed by atoms with Crippen molar-refractivity contribution >= 4 is 23.2 Å². The topological polar surface area (TPSA) is 72.9 Å². The van der Waals surface area contributed by atoms with Gasteiger partial charge in [-0.25, -0.2) is 5.48 Å². The van der Waals surface area contributed by atoms with Gasteiger partial charge < -0.3 is 9.80 Å². The molecule has 1 saturated carbocycles. The third-order valence-electron chi connectivity index (χ3n) is 6.76. The lowest BCUT2D eigenvalue weighted by molar-refractivity contribution is -0.129. The van der Waals surface area contributed by atoms with Crippen LogP contribution in [-0.4, -0.2) is 36.7 Å². The average Bonchev–Trinajstić information content (AvgIpc) is 2.84. The Bertz CT molecular complexity index is 680. The van der Waals surface area contributed by atoms with Gasteiger partial charge in [0, 0.05) is 43.3 Å². The summed E-state index contributed by atoms with van der Waals surface area (Å²) < 4.78 is 0. The fraction of sp³-hybridized carbons (Fsp3) is 0.680. The maximum atomic E-state index is 13.4. The summed E-state index contributed by atoms with van der Waals surface area (Å²) in [5.41, 5.74) is 3.95. The van der Waals surface area contributed by atoms with Gasteiger partial charge >= 0.3 is 0 Å². The smallest absolute Gasteiger partial charge is 0.243 e. The molecule has 1 aliphatic heterocycles. The van der Waals surface area contributed by atoms with Crippen LogP contribution in [0.2, 0.25) is 0 Å². The largest absolute Gasteiger partial charge is 0.372 e. The molecule has 2 amide bonds. The molecule has 0 unspecified atom stereocenters. The van der Waals surface area contributed by atoms with Gasteiger partial charge in [0.05, 0.1) is 0 Å². The number of anilines is 2. The van der Waals surface area contributed by atoms with Crippen molar-refractivity contribution in [3.8, 4) is 0 Å². The van der Waals surface area contributed by atoms with Gasteiger partial charge in [0.25, 0.3) is 0 Å². The van der Waals surface area contributed by atoms with E-state index in [9.17, 15) is 9.59 Å². The summed E-state index contributed by atoms with van der Waals surface area (Å²) in [6, 6.07) is 8.59. The molecule has 6 nitrogen and oxygen atoms in total. The molecule has 2 N–H and O–H groups in total. The lowest BCUT2D eigenvalue weighted by atomic mass is 9.88. The van der Waals surface area contributed by atoms with Gasteiger partial charge in [-0.2, -0.15) is 0 Å². The Balaban J connectivity index is 1.59. The first-order chi connectivity index (χ1) is 15.2. The third-order valence-corrected chi connectivity index (χ3v) is 6.76. The molecule has 1 saturated heterocycles. The van der Waals surface area contributed by atoms with Crippen LogP contribution in [0.1, 0.15) is 83.5 Å². The SMILES string of the molecule is O=C(CCCCCCN(C(=O)C1CCCCC1)c1ccc(N2CCCCC2)cc1)NO. The van der Waals surface area contributed by atoms with Crippen LogP contribution in [0, 0.1) is 5.92 Å². The number of amides is 2. The van der Waals surface area contributed by atoms with Gasteiger partial charge in [-0.05, 0) is 69.2 Å². The van der Waals surface area contributed by atoms with Gasteiger partial charge in [-0.15, -0.1) is 0 Å². The monoisotopic (exact) mass is 429 g/mol. The Morgan fingerprint density at radius 3 is 2.23 bits per heavy atom. The standard InChI is InChI=1S/C25H39N3O3/c29-24(26-31)13-7-1-2-10-20-28(25(30)21-11-5-3-6-12-21)23-16-14-22(15-17-23)27-18-8-4-9-19-27/h14-17,21,31H,1-13,18-20H2,(H,26,29). The van der Waals surface area contributed by atoms with Crippen molar-refractivity contribution in [2.75, 3.05) is 29.4 Å². The molecule has 6 heteroatoms. The molecule has 0 bridgehead atoms. The van der Waals surface area contributed by atoms with E-state index in [2.05, 4.69) is 29.2 Å². The molecule has 31 heavy (non-hydrogen) atoms. The third kappa shape index (κ3) is 7.23. The number of hydrogen-bond donors (Lipinski definition) is 2. The molecule has 0 aromatic heterocycles. The lowest BCUT2D eigenvalue weighted by Crippen LogP contribution is -2.38. The number of carbonyl (C=O) groups excluding carboxylic acids is 2. The first-order valence-electron chi connectivity index (χ1n) is 12.3. The Morgan fingerprint density at radius 2 is 1.55 bits per heavy atom. The van der Waals surface area contributed by atoms with Crippen LogP contribution in [0.3, 0.4) is 0 Å². The second-order valence-corrected chi connectivity index (χ2v) is 9.09. The molecule has 0 atom stereocenters. The number of hydrogen-bond acceptors (Lipinski definition) is 4. The van der Waals surface area contributed by atoms with Crippen LogP contribution < -0.4 is 15.3 Å². The van der Waals surface area contributed by atoms with E-state index in [1.807, 2.05) is 4.90 Å². The molecule has 2 fully saturated rings. The molecule has 1 heterocycles. The molecule has 172 valence electrons. The van der Waals surface area contributed by atoms with Crippen LogP contribution in [0.4, 0.5) is 11.4 Å². The highest BCUT2D eigenvalue weighted by atomic mass is 16.5. The van der Waals surface area contributed by atoms with E-state index in [0.29, 0.717) is 6.42 Å². The van der Waals surface area contributed by atoms with Crippen LogP contribution in [0.25, 0.3) is 0 Å². The average molecular weight is 430 g/mol. The predicted octanol–water partition coefficient (Wildman–Crippen LogP) is 5.05. The number of carbonyl (C=O) groups is 2. The predicted molar refractivity (Wildman–Crippen MR) is 124 cm³/mol. The molecule has 1 aromatic rings. The second-order valence-electron chi connectivity index (χ2n) is 9.09. The molecular weight excluding hydrogens is 390 g/mol. The van der Waals surface area contributed by atoms with Gasteiger partial charge in [0.1, 0.15) is 0 Å². The Hall–Kier alpha value is -2.08. The summed E-state index contributed by atoms with van der Waals surface area (Å²) >= 11 is 0. The second kappa shape index (κ2) is 12.7. The maximum Gasteiger partial charge on any atom is 0.243 e.